The fourth-order valence-corrected chi connectivity index (χ4v) is 3.47. The van der Waals surface area contributed by atoms with E-state index in [2.05, 4.69) is 36.2 Å². The first-order chi connectivity index (χ1) is 12.4. The van der Waals surface area contributed by atoms with Crippen LogP contribution in [0, 0.1) is 25.2 Å². The van der Waals surface area contributed by atoms with Crippen molar-refractivity contribution in [1.29, 1.82) is 5.26 Å². The second-order valence-electron chi connectivity index (χ2n) is 6.83. The van der Waals surface area contributed by atoms with Gasteiger partial charge in [-0.1, -0.05) is 19.9 Å². The number of nitrogens with zero attached hydrogens (tertiary/aromatic N) is 2. The van der Waals surface area contributed by atoms with Gasteiger partial charge in [0.2, 0.25) is 11.8 Å². The van der Waals surface area contributed by atoms with E-state index in [1.807, 2.05) is 26.8 Å². The van der Waals surface area contributed by atoms with E-state index >= 15 is 0 Å². The summed E-state index contributed by atoms with van der Waals surface area (Å²) in [5.41, 5.74) is 11.3. The fraction of sp³-hybridized carbons (Fsp3) is 0.400. The molecule has 2 aromatic rings. The average molecular weight is 352 g/mol. The highest BCUT2D eigenvalue weighted by Gasteiger charge is 2.35. The molecule has 3 rings (SSSR count). The Morgan fingerprint density at radius 3 is 2.73 bits per heavy atom. The van der Waals surface area contributed by atoms with Crippen LogP contribution in [-0.2, 0) is 0 Å². The second kappa shape index (κ2) is 6.75. The molecule has 2 heterocycles. The number of aryl methyl sites for hydroxylation is 2. The Morgan fingerprint density at radius 1 is 1.38 bits per heavy atom. The standard InChI is InChI=1S/C20H24N4O2/c1-6-25-16-7-11(4)14(8-13(16)10(2)3)18-15(9-21)19(22)26-20-17(18)12(5)23-24-20/h7-8,10,18H,6,22H2,1-5H3,(H,23,24)/t18-/m0/s1. The maximum Gasteiger partial charge on any atom is 0.244 e. The SMILES string of the molecule is CCOc1cc(C)c([C@H]2C(C#N)=C(N)Oc3n[nH]c(C)c32)cc1C(C)C. The van der Waals surface area contributed by atoms with Gasteiger partial charge in [0.25, 0.3) is 0 Å². The van der Waals surface area contributed by atoms with Crippen LogP contribution >= 0.6 is 0 Å². The summed E-state index contributed by atoms with van der Waals surface area (Å²) < 4.78 is 11.4. The van der Waals surface area contributed by atoms with Crippen molar-refractivity contribution in [1.82, 2.24) is 10.2 Å². The van der Waals surface area contributed by atoms with Crippen molar-refractivity contribution in [2.24, 2.45) is 5.73 Å². The van der Waals surface area contributed by atoms with Gasteiger partial charge >= 0.3 is 0 Å². The molecule has 0 radical (unpaired) electrons. The average Bonchev–Trinajstić information content (AvgIpc) is 2.94. The number of nitrogens with one attached hydrogen (secondary N) is 1. The molecular weight excluding hydrogens is 328 g/mol. The predicted molar refractivity (Wildman–Crippen MR) is 99.1 cm³/mol. The number of fused-ring (bicyclic) bond motifs is 1. The highest BCUT2D eigenvalue weighted by molar-refractivity contribution is 5.58. The number of hydrogen-bond donors (Lipinski definition) is 2. The van der Waals surface area contributed by atoms with Gasteiger partial charge in [0, 0.05) is 11.3 Å². The van der Waals surface area contributed by atoms with Gasteiger partial charge in [0.1, 0.15) is 17.4 Å². The smallest absolute Gasteiger partial charge is 0.244 e. The highest BCUT2D eigenvalue weighted by atomic mass is 16.5. The predicted octanol–water partition coefficient (Wildman–Crippen LogP) is 3.77. The van der Waals surface area contributed by atoms with Gasteiger partial charge < -0.3 is 15.2 Å². The Morgan fingerprint density at radius 2 is 2.12 bits per heavy atom. The topological polar surface area (TPSA) is 96.9 Å². The van der Waals surface area contributed by atoms with E-state index in [9.17, 15) is 5.26 Å². The quantitative estimate of drug-likeness (QED) is 0.873. The van der Waals surface area contributed by atoms with Gasteiger partial charge in [0.15, 0.2) is 0 Å². The summed E-state index contributed by atoms with van der Waals surface area (Å²) in [5.74, 6) is 1.40. The summed E-state index contributed by atoms with van der Waals surface area (Å²) in [5, 5.41) is 16.9. The summed E-state index contributed by atoms with van der Waals surface area (Å²) in [6.45, 7) is 10.8. The number of rotatable bonds is 4. The zero-order chi connectivity index (χ0) is 19.0. The number of allylic oxidation sites excluding steroid dienone is 1. The van der Waals surface area contributed by atoms with Crippen molar-refractivity contribution in [3.8, 4) is 17.7 Å². The second-order valence-corrected chi connectivity index (χ2v) is 6.83. The summed E-state index contributed by atoms with van der Waals surface area (Å²) >= 11 is 0. The molecule has 1 atom stereocenters. The molecule has 6 nitrogen and oxygen atoms in total. The number of ether oxygens (including phenoxy) is 2. The van der Waals surface area contributed by atoms with E-state index in [0.29, 0.717) is 18.1 Å². The van der Waals surface area contributed by atoms with Crippen LogP contribution in [0.4, 0.5) is 0 Å². The Balaban J connectivity index is 2.26. The van der Waals surface area contributed by atoms with Crippen LogP contribution in [0.25, 0.3) is 0 Å². The van der Waals surface area contributed by atoms with Gasteiger partial charge in [-0.25, -0.2) is 0 Å². The third kappa shape index (κ3) is 2.80. The van der Waals surface area contributed by atoms with E-state index in [1.54, 1.807) is 0 Å². The molecule has 0 amide bonds. The minimum atomic E-state index is -0.310. The van der Waals surface area contributed by atoms with Crippen LogP contribution in [-0.4, -0.2) is 16.8 Å². The molecule has 0 bridgehead atoms. The van der Waals surface area contributed by atoms with Crippen LogP contribution in [0.15, 0.2) is 23.6 Å². The third-order valence-corrected chi connectivity index (χ3v) is 4.76. The molecule has 26 heavy (non-hydrogen) atoms. The largest absolute Gasteiger partial charge is 0.494 e. The van der Waals surface area contributed by atoms with Crippen molar-refractivity contribution in [2.75, 3.05) is 6.61 Å². The van der Waals surface area contributed by atoms with E-state index in [1.165, 1.54) is 0 Å². The number of aromatic nitrogens is 2. The molecule has 1 aromatic heterocycles. The van der Waals surface area contributed by atoms with Crippen molar-refractivity contribution >= 4 is 0 Å². The monoisotopic (exact) mass is 352 g/mol. The first-order valence-electron chi connectivity index (χ1n) is 8.78. The lowest BCUT2D eigenvalue weighted by Crippen LogP contribution is -2.21. The molecular formula is C20H24N4O2. The van der Waals surface area contributed by atoms with Crippen LogP contribution in [0.3, 0.4) is 0 Å². The number of nitriles is 1. The molecule has 136 valence electrons. The van der Waals surface area contributed by atoms with Gasteiger partial charge in [-0.3, -0.25) is 5.10 Å². The molecule has 1 aromatic carbocycles. The van der Waals surface area contributed by atoms with Crippen LogP contribution in [0.1, 0.15) is 60.6 Å². The van der Waals surface area contributed by atoms with Crippen LogP contribution < -0.4 is 15.2 Å². The minimum absolute atomic E-state index is 0.107. The molecule has 0 fully saturated rings. The number of benzene rings is 1. The Bertz CT molecular complexity index is 919. The summed E-state index contributed by atoms with van der Waals surface area (Å²) in [6, 6.07) is 6.40. The molecule has 3 N–H and O–H groups in total. The van der Waals surface area contributed by atoms with Crippen LogP contribution in [0.2, 0.25) is 0 Å². The zero-order valence-corrected chi connectivity index (χ0v) is 15.8. The Kier molecular flexibility index (Phi) is 4.64. The van der Waals surface area contributed by atoms with Gasteiger partial charge in [-0.2, -0.15) is 5.26 Å². The van der Waals surface area contributed by atoms with Crippen LogP contribution in [0.5, 0.6) is 11.6 Å². The third-order valence-electron chi connectivity index (χ3n) is 4.76. The first-order valence-corrected chi connectivity index (χ1v) is 8.78. The lowest BCUT2D eigenvalue weighted by atomic mass is 9.80. The fourth-order valence-electron chi connectivity index (χ4n) is 3.47. The maximum absolute atomic E-state index is 9.73. The van der Waals surface area contributed by atoms with Crippen molar-refractivity contribution in [3.05, 3.63) is 51.5 Å². The van der Waals surface area contributed by atoms with E-state index < -0.39 is 0 Å². The molecule has 0 aliphatic carbocycles. The lowest BCUT2D eigenvalue weighted by Gasteiger charge is -2.26. The lowest BCUT2D eigenvalue weighted by molar-refractivity contribution is 0.334. The van der Waals surface area contributed by atoms with Gasteiger partial charge in [-0.05, 0) is 49.4 Å². The molecule has 6 heteroatoms. The Labute approximate surface area is 153 Å². The molecule has 1 aliphatic heterocycles. The Hall–Kier alpha value is -2.94. The normalized spacial score (nSPS) is 16.3. The number of aromatic amines is 1. The first kappa shape index (κ1) is 17.9. The maximum atomic E-state index is 9.73. The molecule has 0 spiro atoms. The van der Waals surface area contributed by atoms with Crippen molar-refractivity contribution in [3.63, 3.8) is 0 Å². The number of H-pyrrole nitrogens is 1. The van der Waals surface area contributed by atoms with Crippen molar-refractivity contribution < 1.29 is 9.47 Å². The zero-order valence-electron chi connectivity index (χ0n) is 15.8. The van der Waals surface area contributed by atoms with E-state index in [-0.39, 0.29) is 17.7 Å². The van der Waals surface area contributed by atoms with E-state index in [0.717, 1.165) is 33.7 Å². The molecule has 0 saturated heterocycles. The molecule has 0 unspecified atom stereocenters. The van der Waals surface area contributed by atoms with E-state index in [4.69, 9.17) is 15.2 Å². The molecule has 1 aliphatic rings. The minimum Gasteiger partial charge on any atom is -0.494 e. The number of nitrogens with two attached hydrogens (primary N) is 1. The highest BCUT2D eigenvalue weighted by Crippen LogP contribution is 2.45. The molecule has 0 saturated carbocycles. The number of hydrogen-bond acceptors (Lipinski definition) is 5. The van der Waals surface area contributed by atoms with Gasteiger partial charge in [-0.15, -0.1) is 5.10 Å². The summed E-state index contributed by atoms with van der Waals surface area (Å²) in [4.78, 5) is 0. The van der Waals surface area contributed by atoms with Crippen molar-refractivity contribution in [2.45, 2.75) is 46.5 Å². The van der Waals surface area contributed by atoms with Gasteiger partial charge in [0.05, 0.1) is 12.5 Å². The summed E-state index contributed by atoms with van der Waals surface area (Å²) in [6.07, 6.45) is 0. The summed E-state index contributed by atoms with van der Waals surface area (Å²) in [7, 11) is 0.